The summed E-state index contributed by atoms with van der Waals surface area (Å²) in [6, 6.07) is 2.06. The summed E-state index contributed by atoms with van der Waals surface area (Å²) in [5.41, 5.74) is 6.42. The molecule has 1 aliphatic rings. The molecule has 4 rings (SSSR count). The highest BCUT2D eigenvalue weighted by atomic mass is 16.5. The molecule has 0 aliphatic carbocycles. The second-order valence-corrected chi connectivity index (χ2v) is 6.81. The van der Waals surface area contributed by atoms with Gasteiger partial charge in [-0.2, -0.15) is 10.2 Å². The number of aryl methyl sites for hydroxylation is 2. The Morgan fingerprint density at radius 2 is 2.07 bits per heavy atom. The van der Waals surface area contributed by atoms with Crippen LogP contribution in [-0.2, 0) is 24.1 Å². The van der Waals surface area contributed by atoms with Crippen LogP contribution in [0.25, 0.3) is 16.9 Å². The molecule has 0 bridgehead atoms. The van der Waals surface area contributed by atoms with Crippen LogP contribution in [0.15, 0.2) is 24.7 Å². The molecule has 7 heteroatoms. The summed E-state index contributed by atoms with van der Waals surface area (Å²) >= 11 is 0. The first-order chi connectivity index (χ1) is 13.2. The predicted molar refractivity (Wildman–Crippen MR) is 102 cm³/mol. The minimum absolute atomic E-state index is 0.640. The number of pyridine rings is 1. The van der Waals surface area contributed by atoms with Crippen molar-refractivity contribution >= 4 is 0 Å². The van der Waals surface area contributed by atoms with Crippen LogP contribution in [-0.4, -0.2) is 44.9 Å². The maximum atomic E-state index is 5.72. The first kappa shape index (κ1) is 17.7. The number of hydrogen-bond acceptors (Lipinski definition) is 5. The van der Waals surface area contributed by atoms with Gasteiger partial charge in [0.05, 0.1) is 49.8 Å². The van der Waals surface area contributed by atoms with E-state index >= 15 is 0 Å². The molecule has 0 aromatic carbocycles. The van der Waals surface area contributed by atoms with Crippen LogP contribution in [0.5, 0.6) is 5.88 Å². The minimum Gasteiger partial charge on any atom is -0.481 e. The smallest absolute Gasteiger partial charge is 0.216 e. The maximum Gasteiger partial charge on any atom is 0.216 e. The number of nitrogens with zero attached hydrogens (tertiary/aromatic N) is 5. The standard InChI is InChI=1S/C20H25N5O2/c1-4-7-24-13-15(11-22-24)19-17-5-8-27-9-6-18(17)25(23-19)16-10-14(2)20(26-3)21-12-16/h10-13H,4-9H2,1-3H3. The average Bonchev–Trinajstić information content (AvgIpc) is 3.19. The van der Waals surface area contributed by atoms with Crippen molar-refractivity contribution in [1.82, 2.24) is 24.5 Å². The fraction of sp³-hybridized carbons (Fsp3) is 0.450. The Hall–Kier alpha value is -2.67. The van der Waals surface area contributed by atoms with Gasteiger partial charge in [-0.15, -0.1) is 0 Å². The van der Waals surface area contributed by atoms with Gasteiger partial charge in [0.15, 0.2) is 0 Å². The fourth-order valence-corrected chi connectivity index (χ4v) is 3.61. The third-order valence-electron chi connectivity index (χ3n) is 4.88. The number of rotatable bonds is 5. The summed E-state index contributed by atoms with van der Waals surface area (Å²) in [4.78, 5) is 4.43. The summed E-state index contributed by atoms with van der Waals surface area (Å²) in [6.07, 6.45) is 8.54. The average molecular weight is 367 g/mol. The molecule has 7 nitrogen and oxygen atoms in total. The van der Waals surface area contributed by atoms with Crippen molar-refractivity contribution in [3.8, 4) is 22.8 Å². The van der Waals surface area contributed by atoms with Crippen molar-refractivity contribution in [3.05, 3.63) is 41.5 Å². The molecule has 142 valence electrons. The van der Waals surface area contributed by atoms with Gasteiger partial charge in [0.2, 0.25) is 5.88 Å². The van der Waals surface area contributed by atoms with Crippen molar-refractivity contribution in [1.29, 1.82) is 0 Å². The van der Waals surface area contributed by atoms with Crippen LogP contribution in [0.1, 0.15) is 30.2 Å². The molecule has 1 aliphatic heterocycles. The zero-order valence-corrected chi connectivity index (χ0v) is 16.1. The van der Waals surface area contributed by atoms with E-state index < -0.39 is 0 Å². The summed E-state index contributed by atoms with van der Waals surface area (Å²) < 4.78 is 15.0. The van der Waals surface area contributed by atoms with Crippen LogP contribution < -0.4 is 4.74 Å². The van der Waals surface area contributed by atoms with E-state index in [1.54, 1.807) is 7.11 Å². The van der Waals surface area contributed by atoms with E-state index in [-0.39, 0.29) is 0 Å². The van der Waals surface area contributed by atoms with E-state index in [0.29, 0.717) is 19.1 Å². The SMILES string of the molecule is CCCn1cc(-c2nn(-c3cnc(OC)c(C)c3)c3c2CCOCC3)cn1. The number of ether oxygens (including phenoxy) is 2. The third-order valence-corrected chi connectivity index (χ3v) is 4.88. The number of hydrogen-bond donors (Lipinski definition) is 0. The second kappa shape index (κ2) is 7.52. The Bertz CT molecular complexity index is 944. The molecule has 0 spiro atoms. The van der Waals surface area contributed by atoms with Gasteiger partial charge >= 0.3 is 0 Å². The minimum atomic E-state index is 0.640. The molecule has 0 radical (unpaired) electrons. The molecule has 0 saturated heterocycles. The lowest BCUT2D eigenvalue weighted by Crippen LogP contribution is -2.06. The lowest BCUT2D eigenvalue weighted by Gasteiger charge is -2.09. The van der Waals surface area contributed by atoms with Gasteiger partial charge < -0.3 is 9.47 Å². The van der Waals surface area contributed by atoms with Crippen molar-refractivity contribution in [3.63, 3.8) is 0 Å². The summed E-state index contributed by atoms with van der Waals surface area (Å²) in [7, 11) is 1.64. The Morgan fingerprint density at radius 1 is 1.22 bits per heavy atom. The van der Waals surface area contributed by atoms with Gasteiger partial charge in [-0.1, -0.05) is 6.92 Å². The monoisotopic (exact) mass is 367 g/mol. The largest absolute Gasteiger partial charge is 0.481 e. The predicted octanol–water partition coefficient (Wildman–Crippen LogP) is 2.97. The number of fused-ring (bicyclic) bond motifs is 1. The van der Waals surface area contributed by atoms with E-state index in [9.17, 15) is 0 Å². The van der Waals surface area contributed by atoms with Gasteiger partial charge in [0.25, 0.3) is 0 Å². The van der Waals surface area contributed by atoms with Gasteiger partial charge in [-0.25, -0.2) is 9.67 Å². The van der Waals surface area contributed by atoms with Crippen LogP contribution in [0, 0.1) is 6.92 Å². The first-order valence-electron chi connectivity index (χ1n) is 9.43. The molecular formula is C20H25N5O2. The molecule has 0 atom stereocenters. The van der Waals surface area contributed by atoms with E-state index in [1.165, 1.54) is 11.3 Å². The van der Waals surface area contributed by atoms with Gasteiger partial charge in [-0.3, -0.25) is 4.68 Å². The number of methoxy groups -OCH3 is 1. The summed E-state index contributed by atoms with van der Waals surface area (Å²) in [6.45, 7) is 6.48. The zero-order chi connectivity index (χ0) is 18.8. The van der Waals surface area contributed by atoms with Crippen molar-refractivity contribution in [2.45, 2.75) is 39.7 Å². The highest BCUT2D eigenvalue weighted by molar-refractivity contribution is 5.64. The lowest BCUT2D eigenvalue weighted by atomic mass is 10.1. The second-order valence-electron chi connectivity index (χ2n) is 6.81. The van der Waals surface area contributed by atoms with Gasteiger partial charge in [-0.05, 0) is 25.8 Å². The Kier molecular flexibility index (Phi) is 4.94. The molecule has 27 heavy (non-hydrogen) atoms. The fourth-order valence-electron chi connectivity index (χ4n) is 3.61. The Labute approximate surface area is 158 Å². The number of aromatic nitrogens is 5. The molecular weight excluding hydrogens is 342 g/mol. The Morgan fingerprint density at radius 3 is 2.85 bits per heavy atom. The molecule has 0 saturated carbocycles. The third kappa shape index (κ3) is 3.35. The van der Waals surface area contributed by atoms with E-state index in [0.717, 1.165) is 48.3 Å². The summed E-state index contributed by atoms with van der Waals surface area (Å²) in [5, 5.41) is 9.45. The van der Waals surface area contributed by atoms with Gasteiger partial charge in [0, 0.05) is 35.9 Å². The van der Waals surface area contributed by atoms with Crippen molar-refractivity contribution < 1.29 is 9.47 Å². The highest BCUT2D eigenvalue weighted by Crippen LogP contribution is 2.30. The molecule has 0 amide bonds. The van der Waals surface area contributed by atoms with Crippen LogP contribution in [0.4, 0.5) is 0 Å². The lowest BCUT2D eigenvalue weighted by molar-refractivity contribution is 0.145. The topological polar surface area (TPSA) is 67.0 Å². The van der Waals surface area contributed by atoms with Crippen LogP contribution in [0.3, 0.4) is 0 Å². The molecule has 3 aromatic rings. The summed E-state index contributed by atoms with van der Waals surface area (Å²) in [5.74, 6) is 0.640. The van der Waals surface area contributed by atoms with Crippen molar-refractivity contribution in [2.75, 3.05) is 20.3 Å². The molecule has 0 unspecified atom stereocenters. The van der Waals surface area contributed by atoms with Crippen LogP contribution in [0.2, 0.25) is 0 Å². The van der Waals surface area contributed by atoms with E-state index in [4.69, 9.17) is 14.6 Å². The molecule has 0 fully saturated rings. The molecule has 3 aromatic heterocycles. The molecule has 0 N–H and O–H groups in total. The zero-order valence-electron chi connectivity index (χ0n) is 16.1. The van der Waals surface area contributed by atoms with E-state index in [1.807, 2.05) is 28.7 Å². The van der Waals surface area contributed by atoms with E-state index in [2.05, 4.69) is 29.3 Å². The van der Waals surface area contributed by atoms with Crippen molar-refractivity contribution in [2.24, 2.45) is 0 Å². The first-order valence-corrected chi connectivity index (χ1v) is 9.43. The Balaban J connectivity index is 1.82. The van der Waals surface area contributed by atoms with Gasteiger partial charge in [0.1, 0.15) is 0 Å². The maximum absolute atomic E-state index is 5.72. The normalized spacial score (nSPS) is 14.0. The van der Waals surface area contributed by atoms with Crippen LogP contribution >= 0.6 is 0 Å². The quantitative estimate of drug-likeness (QED) is 0.694. The molecule has 4 heterocycles. The highest BCUT2D eigenvalue weighted by Gasteiger charge is 2.23.